The Morgan fingerprint density at radius 1 is 1.29 bits per heavy atom. The number of benzene rings is 1. The van der Waals surface area contributed by atoms with E-state index in [1.54, 1.807) is 29.7 Å². The smallest absolute Gasteiger partial charge is 0.476 e. The van der Waals surface area contributed by atoms with E-state index in [4.69, 9.17) is 49.9 Å². The Morgan fingerprint density at radius 3 is 2.90 bits per heavy atom. The first-order valence-electron chi connectivity index (χ1n) is 13.6. The van der Waals surface area contributed by atoms with Crippen LogP contribution in [0.3, 0.4) is 0 Å². The van der Waals surface area contributed by atoms with Crippen molar-refractivity contribution in [2.24, 2.45) is 11.8 Å². The lowest BCUT2D eigenvalue weighted by atomic mass is 9.96. The second kappa shape index (κ2) is 10.3. The summed E-state index contributed by atoms with van der Waals surface area (Å²) in [5, 5.41) is 0.529. The molecule has 2 N–H and O–H groups in total. The molecule has 3 aromatic rings. The van der Waals surface area contributed by atoms with Crippen LogP contribution in [0.5, 0.6) is 5.88 Å². The van der Waals surface area contributed by atoms with Gasteiger partial charge in [-0.25, -0.2) is 14.3 Å². The van der Waals surface area contributed by atoms with Gasteiger partial charge in [0.15, 0.2) is 29.1 Å². The molecule has 5 heterocycles. The summed E-state index contributed by atoms with van der Waals surface area (Å²) < 4.78 is 55.5. The van der Waals surface area contributed by atoms with E-state index in [9.17, 15) is 9.36 Å². The number of rotatable bonds is 8. The van der Waals surface area contributed by atoms with Crippen molar-refractivity contribution in [1.29, 1.82) is 0 Å². The highest BCUT2D eigenvalue weighted by atomic mass is 35.5. The molecule has 4 fully saturated rings. The van der Waals surface area contributed by atoms with E-state index < -0.39 is 44.1 Å². The van der Waals surface area contributed by atoms with Crippen LogP contribution in [0.15, 0.2) is 30.6 Å². The van der Waals surface area contributed by atoms with E-state index in [0.717, 1.165) is 12.0 Å². The third-order valence-corrected chi connectivity index (χ3v) is 9.81. The quantitative estimate of drug-likeness (QED) is 0.274. The number of hydrogen-bond acceptors (Lipinski definition) is 13. The van der Waals surface area contributed by atoms with Crippen LogP contribution in [-0.4, -0.2) is 63.3 Å². The maximum absolute atomic E-state index is 13.5. The fraction of sp³-hybridized carbons (Fsp3) is 0.538. The Balaban J connectivity index is 1.13. The number of carbonyl (C=O) groups excluding carboxylic acids is 1. The van der Waals surface area contributed by atoms with Gasteiger partial charge in [-0.1, -0.05) is 30.7 Å². The average molecular weight is 622 g/mol. The first-order valence-corrected chi connectivity index (χ1v) is 15.5. The van der Waals surface area contributed by atoms with E-state index in [1.165, 1.54) is 6.33 Å². The summed E-state index contributed by atoms with van der Waals surface area (Å²) in [6.45, 7) is 4.15. The van der Waals surface area contributed by atoms with Crippen LogP contribution >= 0.6 is 19.4 Å². The first kappa shape index (κ1) is 27.8. The fourth-order valence-corrected chi connectivity index (χ4v) is 7.25. The molecule has 0 radical (unpaired) electrons. The normalized spacial score (nSPS) is 35.5. The summed E-state index contributed by atoms with van der Waals surface area (Å²) in [5.74, 6) is 1.25. The SMILES string of the molecule is C[C@H]1C[C@H]1COc1nc(N)nc2ncn([C@@H]3O[C@H](CO[P@@]4(=O)OCC[C@@H](c5cccc(Cl)c5)O4)C4OC(=O)O[C@]43C)c12. The maximum Gasteiger partial charge on any atom is 0.509 e. The Kier molecular flexibility index (Phi) is 6.83. The summed E-state index contributed by atoms with van der Waals surface area (Å²) in [4.78, 5) is 25.3. The highest BCUT2D eigenvalue weighted by Crippen LogP contribution is 2.58. The second-order valence-electron chi connectivity index (χ2n) is 11.1. The van der Waals surface area contributed by atoms with Gasteiger partial charge in [0.2, 0.25) is 11.8 Å². The van der Waals surface area contributed by atoms with E-state index in [0.29, 0.717) is 35.4 Å². The molecule has 0 spiro atoms. The Morgan fingerprint density at radius 2 is 2.12 bits per heavy atom. The molecule has 3 aliphatic heterocycles. The molecule has 224 valence electrons. The molecule has 0 bridgehead atoms. The number of imidazole rings is 1. The van der Waals surface area contributed by atoms with Gasteiger partial charge in [0.1, 0.15) is 12.4 Å². The summed E-state index contributed by atoms with van der Waals surface area (Å²) in [7, 11) is -4.00. The number of phosphoric ester groups is 1. The number of aromatic nitrogens is 4. The third-order valence-electron chi connectivity index (χ3n) is 8.10. The zero-order chi connectivity index (χ0) is 29.2. The van der Waals surface area contributed by atoms with Gasteiger partial charge in [-0.05, 0) is 42.9 Å². The molecular formula is C26H29ClN5O9P. The first-order chi connectivity index (χ1) is 20.1. The Hall–Kier alpha value is -3.00. The van der Waals surface area contributed by atoms with Gasteiger partial charge in [0.25, 0.3) is 0 Å². The lowest BCUT2D eigenvalue weighted by Crippen LogP contribution is -2.42. The van der Waals surface area contributed by atoms with Gasteiger partial charge >= 0.3 is 14.0 Å². The van der Waals surface area contributed by atoms with Crippen LogP contribution in [0.25, 0.3) is 11.2 Å². The number of hydrogen-bond donors (Lipinski definition) is 1. The van der Waals surface area contributed by atoms with E-state index in [1.807, 2.05) is 6.07 Å². The average Bonchev–Trinajstić information content (AvgIpc) is 3.21. The molecular weight excluding hydrogens is 593 g/mol. The molecule has 42 heavy (non-hydrogen) atoms. The number of ether oxygens (including phenoxy) is 4. The highest BCUT2D eigenvalue weighted by molar-refractivity contribution is 7.48. The molecule has 8 atom stereocenters. The van der Waals surface area contributed by atoms with Crippen molar-refractivity contribution >= 4 is 42.7 Å². The maximum atomic E-state index is 13.5. The minimum atomic E-state index is -4.00. The fourth-order valence-electron chi connectivity index (χ4n) is 5.66. The number of nitrogens with zero attached hydrogens (tertiary/aromatic N) is 4. The predicted molar refractivity (Wildman–Crippen MR) is 146 cm³/mol. The van der Waals surface area contributed by atoms with E-state index in [-0.39, 0.29) is 30.7 Å². The third kappa shape index (κ3) is 4.99. The van der Waals surface area contributed by atoms with E-state index in [2.05, 4.69) is 21.9 Å². The number of nitrogen functional groups attached to an aromatic ring is 1. The summed E-state index contributed by atoms with van der Waals surface area (Å²) >= 11 is 6.12. The number of phosphoric acid groups is 1. The molecule has 3 saturated heterocycles. The molecule has 2 aromatic heterocycles. The minimum Gasteiger partial charge on any atom is -0.476 e. The highest BCUT2D eigenvalue weighted by Gasteiger charge is 2.64. The van der Waals surface area contributed by atoms with Gasteiger partial charge in [-0.2, -0.15) is 9.97 Å². The second-order valence-corrected chi connectivity index (χ2v) is 13.2. The van der Waals surface area contributed by atoms with Gasteiger partial charge in [0, 0.05) is 11.4 Å². The lowest BCUT2D eigenvalue weighted by molar-refractivity contribution is -0.0925. The van der Waals surface area contributed by atoms with Crippen LogP contribution in [0.1, 0.15) is 44.6 Å². The summed E-state index contributed by atoms with van der Waals surface area (Å²) in [6.07, 6.45) is -1.16. The van der Waals surface area contributed by atoms with Crippen molar-refractivity contribution in [3.05, 3.63) is 41.2 Å². The molecule has 16 heteroatoms. The monoisotopic (exact) mass is 621 g/mol. The van der Waals surface area contributed by atoms with E-state index >= 15 is 0 Å². The molecule has 7 rings (SSSR count). The van der Waals surface area contributed by atoms with Crippen LogP contribution in [0, 0.1) is 11.8 Å². The summed E-state index contributed by atoms with van der Waals surface area (Å²) in [5.41, 5.74) is 6.07. The number of halogens is 1. The molecule has 1 unspecified atom stereocenters. The van der Waals surface area contributed by atoms with Crippen LogP contribution in [0.4, 0.5) is 10.7 Å². The van der Waals surface area contributed by atoms with Gasteiger partial charge in [-0.15, -0.1) is 0 Å². The van der Waals surface area contributed by atoms with Gasteiger partial charge in [0.05, 0.1) is 25.9 Å². The van der Waals surface area contributed by atoms with Crippen molar-refractivity contribution in [2.75, 3.05) is 25.6 Å². The van der Waals surface area contributed by atoms with Crippen molar-refractivity contribution < 1.29 is 41.9 Å². The molecule has 14 nitrogen and oxygen atoms in total. The van der Waals surface area contributed by atoms with Crippen molar-refractivity contribution in [1.82, 2.24) is 19.5 Å². The van der Waals surface area contributed by atoms with Crippen LogP contribution in [0.2, 0.25) is 5.02 Å². The number of fused-ring (bicyclic) bond motifs is 2. The number of carbonyl (C=O) groups is 1. The van der Waals surface area contributed by atoms with Crippen molar-refractivity contribution in [2.45, 2.75) is 56.8 Å². The Bertz CT molecular complexity index is 1590. The van der Waals surface area contributed by atoms with Crippen molar-refractivity contribution in [3.63, 3.8) is 0 Å². The van der Waals surface area contributed by atoms with Gasteiger partial charge in [-0.3, -0.25) is 18.1 Å². The number of nitrogens with two attached hydrogens (primary N) is 1. The van der Waals surface area contributed by atoms with Crippen LogP contribution < -0.4 is 10.5 Å². The molecule has 4 aliphatic rings. The van der Waals surface area contributed by atoms with Crippen LogP contribution in [-0.2, 0) is 32.3 Å². The standard InChI is InChI=1S/C26H29ClN5O9P/c1-13-8-15(13)10-35-22-19-21(30-24(28)31-22)29-12-32(19)23-26(2)20(39-25(33)40-26)18(38-23)11-37-42(34)36-7-6-17(41-42)14-4-3-5-16(27)9-14/h3-5,9,12-13,15,17-18,20,23H,6-8,10-11H2,1-2H3,(H2,28,30,31)/t13-,15-,17-,18+,20?,23+,26+,42+/m0/s1. The number of anilines is 1. The minimum absolute atomic E-state index is 0.0122. The largest absolute Gasteiger partial charge is 0.509 e. The zero-order valence-corrected chi connectivity index (χ0v) is 24.4. The van der Waals surface area contributed by atoms with Crippen molar-refractivity contribution in [3.8, 4) is 5.88 Å². The Labute approximate surface area is 245 Å². The molecule has 1 aromatic carbocycles. The predicted octanol–water partition coefficient (Wildman–Crippen LogP) is 4.59. The summed E-state index contributed by atoms with van der Waals surface area (Å²) in [6, 6.07) is 7.09. The molecule has 1 aliphatic carbocycles. The zero-order valence-electron chi connectivity index (χ0n) is 22.8. The van der Waals surface area contributed by atoms with Gasteiger partial charge < -0.3 is 24.7 Å². The topological polar surface area (TPSA) is 168 Å². The lowest BCUT2D eigenvalue weighted by Gasteiger charge is -2.30. The molecule has 0 amide bonds. The molecule has 1 saturated carbocycles.